The minimum atomic E-state index is 0.683. The van der Waals surface area contributed by atoms with Crippen LogP contribution < -0.4 is 15.0 Å². The smallest absolute Gasteiger partial charge is 0.154 e. The average Bonchev–Trinajstić information content (AvgIpc) is 3.16. The predicted octanol–water partition coefficient (Wildman–Crippen LogP) is 4.08. The summed E-state index contributed by atoms with van der Waals surface area (Å²) in [5.74, 6) is 1.65. The molecule has 4 rings (SSSR count). The van der Waals surface area contributed by atoms with Crippen LogP contribution in [0.5, 0.6) is 5.75 Å². The monoisotopic (exact) mass is 373 g/mol. The molecule has 28 heavy (non-hydrogen) atoms. The zero-order chi connectivity index (χ0) is 19.5. The van der Waals surface area contributed by atoms with Gasteiger partial charge in [-0.05, 0) is 42.0 Å². The molecule has 0 aliphatic rings. The van der Waals surface area contributed by atoms with Crippen LogP contribution in [0, 0.1) is 0 Å². The first-order valence-electron chi connectivity index (χ1n) is 9.13. The number of ether oxygens (including phenoxy) is 1. The maximum absolute atomic E-state index is 5.20. The third-order valence-corrected chi connectivity index (χ3v) is 4.65. The highest BCUT2D eigenvalue weighted by atomic mass is 16.5. The molecule has 2 aromatic carbocycles. The fraction of sp³-hybridized carbons (Fsp3) is 0.182. The van der Waals surface area contributed by atoms with Crippen LogP contribution in [-0.2, 0) is 6.54 Å². The van der Waals surface area contributed by atoms with Crippen molar-refractivity contribution in [3.05, 3.63) is 72.4 Å². The van der Waals surface area contributed by atoms with E-state index in [-0.39, 0.29) is 0 Å². The van der Waals surface area contributed by atoms with Crippen molar-refractivity contribution in [3.8, 4) is 17.0 Å². The van der Waals surface area contributed by atoms with Crippen molar-refractivity contribution in [2.45, 2.75) is 6.54 Å². The molecule has 0 unspecified atom stereocenters. The zero-order valence-electron chi connectivity index (χ0n) is 16.3. The molecule has 0 amide bonds. The molecule has 2 aromatic heterocycles. The van der Waals surface area contributed by atoms with E-state index in [0.717, 1.165) is 39.7 Å². The van der Waals surface area contributed by atoms with Crippen molar-refractivity contribution in [1.29, 1.82) is 0 Å². The van der Waals surface area contributed by atoms with Gasteiger partial charge in [-0.2, -0.15) is 0 Å². The van der Waals surface area contributed by atoms with E-state index >= 15 is 0 Å². The van der Waals surface area contributed by atoms with Crippen molar-refractivity contribution in [2.24, 2.45) is 0 Å². The van der Waals surface area contributed by atoms with Crippen LogP contribution in [0.2, 0.25) is 0 Å². The number of hydrogen-bond acceptors (Lipinski definition) is 5. The Labute approximate surface area is 164 Å². The summed E-state index contributed by atoms with van der Waals surface area (Å²) in [6.45, 7) is 0.683. The Kier molecular flexibility index (Phi) is 4.85. The lowest BCUT2D eigenvalue weighted by Gasteiger charge is -2.13. The molecule has 4 aromatic rings. The van der Waals surface area contributed by atoms with E-state index in [1.54, 1.807) is 7.11 Å². The van der Waals surface area contributed by atoms with Crippen molar-refractivity contribution >= 4 is 17.2 Å². The maximum Gasteiger partial charge on any atom is 0.154 e. The van der Waals surface area contributed by atoms with Crippen LogP contribution in [0.15, 0.2) is 66.9 Å². The molecule has 0 saturated heterocycles. The Bertz CT molecular complexity index is 1090. The molecule has 0 aliphatic carbocycles. The molecule has 0 bridgehead atoms. The van der Waals surface area contributed by atoms with Gasteiger partial charge >= 0.3 is 0 Å². The molecule has 0 aliphatic heterocycles. The second-order valence-electron chi connectivity index (χ2n) is 6.78. The van der Waals surface area contributed by atoms with Crippen molar-refractivity contribution in [2.75, 3.05) is 31.4 Å². The molecule has 0 spiro atoms. The molecule has 142 valence electrons. The first kappa shape index (κ1) is 17.9. The van der Waals surface area contributed by atoms with Crippen LogP contribution in [0.4, 0.5) is 11.5 Å². The van der Waals surface area contributed by atoms with Crippen LogP contribution in [0.1, 0.15) is 5.56 Å². The standard InChI is InChI=1S/C22H23N5O/c1-26(2)18-6-4-5-17(13-18)20-15-24-22-12-11-21(25-27(20)22)23-14-16-7-9-19(28-3)10-8-16/h4-13,15H,14H2,1-3H3,(H,23,25). The number of fused-ring (bicyclic) bond motifs is 1. The van der Waals surface area contributed by atoms with Gasteiger partial charge in [-0.25, -0.2) is 9.50 Å². The molecule has 0 atom stereocenters. The van der Waals surface area contributed by atoms with Gasteiger partial charge in [-0.3, -0.25) is 0 Å². The van der Waals surface area contributed by atoms with Gasteiger partial charge in [-0.1, -0.05) is 24.3 Å². The van der Waals surface area contributed by atoms with E-state index in [4.69, 9.17) is 9.84 Å². The average molecular weight is 373 g/mol. The van der Waals surface area contributed by atoms with Gasteiger partial charge in [0, 0.05) is 31.9 Å². The summed E-state index contributed by atoms with van der Waals surface area (Å²) < 4.78 is 7.08. The fourth-order valence-electron chi connectivity index (χ4n) is 3.04. The Hall–Kier alpha value is -3.54. The highest BCUT2D eigenvalue weighted by Crippen LogP contribution is 2.25. The lowest BCUT2D eigenvalue weighted by Crippen LogP contribution is -2.08. The summed E-state index contributed by atoms with van der Waals surface area (Å²) >= 11 is 0. The normalized spacial score (nSPS) is 10.8. The SMILES string of the molecule is COc1ccc(CNc2ccc3ncc(-c4cccc(N(C)C)c4)n3n2)cc1. The van der Waals surface area contributed by atoms with Crippen molar-refractivity contribution in [3.63, 3.8) is 0 Å². The Balaban J connectivity index is 1.59. The van der Waals surface area contributed by atoms with E-state index in [9.17, 15) is 0 Å². The largest absolute Gasteiger partial charge is 0.497 e. The minimum Gasteiger partial charge on any atom is -0.497 e. The number of nitrogens with zero attached hydrogens (tertiary/aromatic N) is 4. The van der Waals surface area contributed by atoms with E-state index in [2.05, 4.69) is 39.5 Å². The number of anilines is 2. The first-order chi connectivity index (χ1) is 13.6. The molecule has 6 nitrogen and oxygen atoms in total. The summed E-state index contributed by atoms with van der Waals surface area (Å²) in [6, 6.07) is 20.3. The second-order valence-corrected chi connectivity index (χ2v) is 6.78. The number of rotatable bonds is 6. The second kappa shape index (κ2) is 7.60. The maximum atomic E-state index is 5.20. The molecule has 6 heteroatoms. The molecular formula is C22H23N5O. The zero-order valence-corrected chi connectivity index (χ0v) is 16.3. The number of hydrogen-bond donors (Lipinski definition) is 1. The number of methoxy groups -OCH3 is 1. The summed E-state index contributed by atoms with van der Waals surface area (Å²) in [6.07, 6.45) is 1.87. The summed E-state index contributed by atoms with van der Waals surface area (Å²) in [5, 5.41) is 8.12. The van der Waals surface area contributed by atoms with Gasteiger partial charge in [0.1, 0.15) is 11.6 Å². The van der Waals surface area contributed by atoms with Crippen LogP contribution in [0.3, 0.4) is 0 Å². The van der Waals surface area contributed by atoms with E-state index in [1.807, 2.05) is 61.2 Å². The van der Waals surface area contributed by atoms with E-state index < -0.39 is 0 Å². The van der Waals surface area contributed by atoms with Gasteiger partial charge in [0.2, 0.25) is 0 Å². The van der Waals surface area contributed by atoms with Gasteiger partial charge in [-0.15, -0.1) is 5.10 Å². The summed E-state index contributed by atoms with van der Waals surface area (Å²) in [4.78, 5) is 6.58. The Morgan fingerprint density at radius 2 is 1.86 bits per heavy atom. The summed E-state index contributed by atoms with van der Waals surface area (Å²) in [7, 11) is 5.74. The fourth-order valence-corrected chi connectivity index (χ4v) is 3.04. The lowest BCUT2D eigenvalue weighted by atomic mass is 10.1. The van der Waals surface area contributed by atoms with Crippen LogP contribution in [0.25, 0.3) is 16.9 Å². The number of aromatic nitrogens is 3. The highest BCUT2D eigenvalue weighted by Gasteiger charge is 2.09. The quantitative estimate of drug-likeness (QED) is 0.552. The number of benzene rings is 2. The Morgan fingerprint density at radius 1 is 1.04 bits per heavy atom. The molecule has 0 radical (unpaired) electrons. The minimum absolute atomic E-state index is 0.683. The number of imidazole rings is 1. The van der Waals surface area contributed by atoms with Gasteiger partial charge in [0.05, 0.1) is 19.0 Å². The van der Waals surface area contributed by atoms with Gasteiger partial charge in [0.15, 0.2) is 5.65 Å². The predicted molar refractivity (Wildman–Crippen MR) is 113 cm³/mol. The van der Waals surface area contributed by atoms with Gasteiger partial charge < -0.3 is 15.0 Å². The highest BCUT2D eigenvalue weighted by molar-refractivity contribution is 5.68. The molecule has 1 N–H and O–H groups in total. The molecule has 0 fully saturated rings. The van der Waals surface area contributed by atoms with Gasteiger partial charge in [0.25, 0.3) is 0 Å². The topological polar surface area (TPSA) is 54.7 Å². The third-order valence-electron chi connectivity index (χ3n) is 4.65. The number of nitrogens with one attached hydrogen (secondary N) is 1. The van der Waals surface area contributed by atoms with E-state index in [0.29, 0.717) is 6.54 Å². The molecule has 0 saturated carbocycles. The van der Waals surface area contributed by atoms with Crippen molar-refractivity contribution < 1.29 is 4.74 Å². The van der Waals surface area contributed by atoms with E-state index in [1.165, 1.54) is 0 Å². The van der Waals surface area contributed by atoms with Crippen molar-refractivity contribution in [1.82, 2.24) is 14.6 Å². The lowest BCUT2D eigenvalue weighted by molar-refractivity contribution is 0.414. The molecule has 2 heterocycles. The van der Waals surface area contributed by atoms with Crippen LogP contribution in [-0.4, -0.2) is 35.8 Å². The third kappa shape index (κ3) is 3.62. The van der Waals surface area contributed by atoms with Crippen LogP contribution >= 0.6 is 0 Å². The summed E-state index contributed by atoms with van der Waals surface area (Å²) in [5.41, 5.74) is 5.17. The first-order valence-corrected chi connectivity index (χ1v) is 9.13. The molecular weight excluding hydrogens is 350 g/mol. The Morgan fingerprint density at radius 3 is 2.61 bits per heavy atom.